The zero-order valence-electron chi connectivity index (χ0n) is 19.1. The molecule has 0 fully saturated rings. The van der Waals surface area contributed by atoms with Gasteiger partial charge in [-0.05, 0) is 19.3 Å². The van der Waals surface area contributed by atoms with Gasteiger partial charge in [-0.25, -0.2) is 9.78 Å². The first kappa shape index (κ1) is 28.5. The number of hydrogen-bond donors (Lipinski definition) is 8. The van der Waals surface area contributed by atoms with Crippen molar-refractivity contribution in [2.75, 3.05) is 0 Å². The summed E-state index contributed by atoms with van der Waals surface area (Å²) in [4.78, 5) is 67.0. The Morgan fingerprint density at radius 3 is 2.09 bits per heavy atom. The van der Waals surface area contributed by atoms with Gasteiger partial charge in [0, 0.05) is 24.7 Å². The molecule has 0 spiro atoms. The molecule has 0 saturated heterocycles. The van der Waals surface area contributed by atoms with E-state index >= 15 is 0 Å². The van der Waals surface area contributed by atoms with Gasteiger partial charge in [0.15, 0.2) is 0 Å². The fraction of sp³-hybridized carbons (Fsp3) is 0.600. The van der Waals surface area contributed by atoms with Crippen molar-refractivity contribution in [2.24, 2.45) is 11.7 Å². The molecule has 5 unspecified atom stereocenters. The number of carboxylic acids is 2. The van der Waals surface area contributed by atoms with Crippen LogP contribution < -0.4 is 21.7 Å². The first-order valence-corrected chi connectivity index (χ1v) is 10.6. The van der Waals surface area contributed by atoms with Crippen molar-refractivity contribution < 1.29 is 39.3 Å². The number of imidazole rings is 1. The molecule has 0 radical (unpaired) electrons. The number of nitrogens with two attached hydrogens (primary N) is 1. The van der Waals surface area contributed by atoms with Crippen LogP contribution in [0.25, 0.3) is 0 Å². The van der Waals surface area contributed by atoms with Crippen LogP contribution in [0.4, 0.5) is 0 Å². The number of aromatic nitrogens is 2. The van der Waals surface area contributed by atoms with Gasteiger partial charge < -0.3 is 42.0 Å². The second-order valence-corrected chi connectivity index (χ2v) is 8.17. The maximum absolute atomic E-state index is 12.9. The van der Waals surface area contributed by atoms with Gasteiger partial charge >= 0.3 is 11.9 Å². The van der Waals surface area contributed by atoms with Crippen LogP contribution in [0.2, 0.25) is 0 Å². The number of aliphatic carboxylic acids is 2. The SMILES string of the molecule is CC(C)C(NC(=O)C(N)C(C)O)C(=O)NC(CCC(=O)O)C(=O)NC(Cc1cnc[nH]1)C(=O)O. The Balaban J connectivity index is 2.99. The molecular weight excluding hydrogens is 452 g/mol. The Morgan fingerprint density at radius 1 is 1.00 bits per heavy atom. The van der Waals surface area contributed by atoms with Crippen molar-refractivity contribution >= 4 is 29.7 Å². The van der Waals surface area contributed by atoms with E-state index < -0.39 is 72.3 Å². The van der Waals surface area contributed by atoms with E-state index in [1.54, 1.807) is 13.8 Å². The minimum Gasteiger partial charge on any atom is -0.481 e. The molecule has 5 atom stereocenters. The molecule has 0 aliphatic rings. The van der Waals surface area contributed by atoms with E-state index in [4.69, 9.17) is 10.8 Å². The lowest BCUT2D eigenvalue weighted by molar-refractivity contribution is -0.143. The largest absolute Gasteiger partial charge is 0.481 e. The van der Waals surface area contributed by atoms with E-state index in [0.29, 0.717) is 5.69 Å². The van der Waals surface area contributed by atoms with Gasteiger partial charge in [-0.2, -0.15) is 0 Å². The van der Waals surface area contributed by atoms with Gasteiger partial charge in [-0.3, -0.25) is 19.2 Å². The van der Waals surface area contributed by atoms with Crippen molar-refractivity contribution in [2.45, 2.75) is 70.3 Å². The second kappa shape index (κ2) is 13.3. The number of aliphatic hydroxyl groups excluding tert-OH is 1. The minimum absolute atomic E-state index is 0.122. The second-order valence-electron chi connectivity index (χ2n) is 8.17. The Kier molecular flexibility index (Phi) is 11.1. The highest BCUT2D eigenvalue weighted by molar-refractivity contribution is 5.94. The highest BCUT2D eigenvalue weighted by atomic mass is 16.4. The summed E-state index contributed by atoms with van der Waals surface area (Å²) >= 11 is 0. The average Bonchev–Trinajstić information content (AvgIpc) is 3.25. The minimum atomic E-state index is -1.39. The summed E-state index contributed by atoms with van der Waals surface area (Å²) in [6.45, 7) is 4.55. The molecule has 1 rings (SSSR count). The van der Waals surface area contributed by atoms with E-state index in [2.05, 4.69) is 25.9 Å². The zero-order chi connectivity index (χ0) is 26.0. The molecule has 0 aromatic carbocycles. The van der Waals surface area contributed by atoms with Crippen LogP contribution in [0.3, 0.4) is 0 Å². The summed E-state index contributed by atoms with van der Waals surface area (Å²) in [5, 5.41) is 35.0. The highest BCUT2D eigenvalue weighted by Crippen LogP contribution is 2.07. The number of carbonyl (C=O) groups excluding carboxylic acids is 3. The molecule has 3 amide bonds. The van der Waals surface area contributed by atoms with E-state index in [9.17, 15) is 34.2 Å². The smallest absolute Gasteiger partial charge is 0.326 e. The van der Waals surface area contributed by atoms with E-state index in [-0.39, 0.29) is 12.8 Å². The van der Waals surface area contributed by atoms with Gasteiger partial charge in [0.1, 0.15) is 24.2 Å². The lowest BCUT2D eigenvalue weighted by Crippen LogP contribution is -2.59. The zero-order valence-corrected chi connectivity index (χ0v) is 19.1. The first-order valence-electron chi connectivity index (χ1n) is 10.6. The van der Waals surface area contributed by atoms with E-state index in [0.717, 1.165) is 0 Å². The maximum atomic E-state index is 12.9. The topological polar surface area (TPSA) is 237 Å². The van der Waals surface area contributed by atoms with Crippen molar-refractivity contribution in [3.63, 3.8) is 0 Å². The molecule has 190 valence electrons. The monoisotopic (exact) mass is 484 g/mol. The maximum Gasteiger partial charge on any atom is 0.326 e. The molecule has 9 N–H and O–H groups in total. The first-order chi connectivity index (χ1) is 15.8. The normalized spacial score (nSPS) is 15.5. The number of rotatable bonds is 14. The predicted octanol–water partition coefficient (Wildman–Crippen LogP) is -2.28. The van der Waals surface area contributed by atoms with Crippen LogP contribution in [-0.2, 0) is 30.4 Å². The standard InChI is InChI=1S/C20H32N6O8/c1-9(2)16(26-18(31)15(21)10(3)27)19(32)24-12(4-5-14(28)29)17(30)25-13(20(33)34)6-11-7-22-8-23-11/h7-10,12-13,15-16,27H,4-6,21H2,1-3H3,(H,22,23)(H,24,32)(H,25,30)(H,26,31)(H,28,29)(H,33,34). The molecule has 1 aromatic heterocycles. The molecular formula is C20H32N6O8. The van der Waals surface area contributed by atoms with Crippen LogP contribution >= 0.6 is 0 Å². The fourth-order valence-electron chi connectivity index (χ4n) is 2.89. The molecule has 14 heteroatoms. The summed E-state index contributed by atoms with van der Waals surface area (Å²) in [5.74, 6) is -5.52. The number of carboxylic acid groups (broad SMARTS) is 2. The summed E-state index contributed by atoms with van der Waals surface area (Å²) in [7, 11) is 0. The van der Waals surface area contributed by atoms with Gasteiger partial charge in [0.25, 0.3) is 0 Å². The fourth-order valence-corrected chi connectivity index (χ4v) is 2.89. The lowest BCUT2D eigenvalue weighted by Gasteiger charge is -2.27. The van der Waals surface area contributed by atoms with Gasteiger partial charge in [0.05, 0.1) is 12.4 Å². The lowest BCUT2D eigenvalue weighted by atomic mass is 10.0. The van der Waals surface area contributed by atoms with Crippen LogP contribution in [-0.4, -0.2) is 85.2 Å². The summed E-state index contributed by atoms with van der Waals surface area (Å²) < 4.78 is 0. The van der Waals surface area contributed by atoms with Gasteiger partial charge in [-0.15, -0.1) is 0 Å². The predicted molar refractivity (Wildman–Crippen MR) is 117 cm³/mol. The molecule has 0 aliphatic carbocycles. The number of aromatic amines is 1. The summed E-state index contributed by atoms with van der Waals surface area (Å²) in [5.41, 5.74) is 6.03. The van der Waals surface area contributed by atoms with Crippen molar-refractivity contribution in [3.05, 3.63) is 18.2 Å². The Morgan fingerprint density at radius 2 is 1.62 bits per heavy atom. The molecule has 34 heavy (non-hydrogen) atoms. The van der Waals surface area contributed by atoms with Crippen LogP contribution in [0.1, 0.15) is 39.3 Å². The average molecular weight is 485 g/mol. The number of carbonyl (C=O) groups is 5. The third-order valence-corrected chi connectivity index (χ3v) is 4.94. The number of amides is 3. The molecule has 0 aliphatic heterocycles. The molecule has 1 heterocycles. The Hall–Kier alpha value is -3.52. The van der Waals surface area contributed by atoms with Crippen LogP contribution in [0.15, 0.2) is 12.5 Å². The summed E-state index contributed by atoms with van der Waals surface area (Å²) in [6.07, 6.45) is 0.628. The van der Waals surface area contributed by atoms with Crippen molar-refractivity contribution in [1.82, 2.24) is 25.9 Å². The molecule has 0 saturated carbocycles. The Labute approximate surface area is 195 Å². The third-order valence-electron chi connectivity index (χ3n) is 4.94. The van der Waals surface area contributed by atoms with Crippen molar-refractivity contribution in [3.8, 4) is 0 Å². The number of aliphatic hydroxyl groups is 1. The van der Waals surface area contributed by atoms with Crippen LogP contribution in [0, 0.1) is 5.92 Å². The molecule has 1 aromatic rings. The van der Waals surface area contributed by atoms with E-state index in [1.165, 1.54) is 19.4 Å². The van der Waals surface area contributed by atoms with E-state index in [1.807, 2.05) is 0 Å². The van der Waals surface area contributed by atoms with Gasteiger partial charge in [0.2, 0.25) is 17.7 Å². The summed E-state index contributed by atoms with van der Waals surface area (Å²) in [6, 6.07) is -5.21. The third kappa shape index (κ3) is 9.15. The van der Waals surface area contributed by atoms with Gasteiger partial charge in [-0.1, -0.05) is 13.8 Å². The quantitative estimate of drug-likeness (QED) is 0.141. The van der Waals surface area contributed by atoms with Crippen LogP contribution in [0.5, 0.6) is 0 Å². The van der Waals surface area contributed by atoms with Crippen molar-refractivity contribution in [1.29, 1.82) is 0 Å². The number of hydrogen-bond acceptors (Lipinski definition) is 8. The number of nitrogens with zero attached hydrogens (tertiary/aromatic N) is 1. The highest BCUT2D eigenvalue weighted by Gasteiger charge is 2.32. The number of H-pyrrole nitrogens is 1. The molecule has 14 nitrogen and oxygen atoms in total. The Bertz CT molecular complexity index is 857. The molecule has 0 bridgehead atoms. The number of nitrogens with one attached hydrogen (secondary N) is 4.